The second kappa shape index (κ2) is 7.34. The highest BCUT2D eigenvalue weighted by Gasteiger charge is 2.31. The van der Waals surface area contributed by atoms with Crippen LogP contribution in [0.3, 0.4) is 0 Å². The first-order chi connectivity index (χ1) is 11.8. The lowest BCUT2D eigenvalue weighted by Crippen LogP contribution is -2.25. The molecule has 0 bridgehead atoms. The Morgan fingerprint density at radius 3 is 1.76 bits per heavy atom. The molecule has 6 nitrogen and oxygen atoms in total. The molecular weight excluding hydrogens is 324 g/mol. The fourth-order valence-corrected chi connectivity index (χ4v) is 2.85. The van der Waals surface area contributed by atoms with Crippen molar-refractivity contribution in [1.82, 2.24) is 0 Å². The molecule has 0 saturated carbocycles. The second-order valence-electron chi connectivity index (χ2n) is 6.00. The molecule has 0 aromatic heterocycles. The van der Waals surface area contributed by atoms with Crippen LogP contribution in [0.5, 0.6) is 23.0 Å². The van der Waals surface area contributed by atoms with Gasteiger partial charge < -0.3 is 24.8 Å². The molecule has 3 N–H and O–H groups in total. The third-order valence-corrected chi connectivity index (χ3v) is 4.47. The smallest absolute Gasteiger partial charge is 0.303 e. The van der Waals surface area contributed by atoms with Gasteiger partial charge in [0.25, 0.3) is 0 Å². The zero-order chi connectivity index (χ0) is 18.6. The molecule has 0 aliphatic carbocycles. The van der Waals surface area contributed by atoms with Crippen molar-refractivity contribution in [2.24, 2.45) is 0 Å². The number of ether oxygens (including phenoxy) is 2. The molecule has 134 valence electrons. The minimum Gasteiger partial charge on any atom is -0.504 e. The monoisotopic (exact) mass is 346 g/mol. The Bertz CT molecular complexity index is 715. The average molecular weight is 346 g/mol. The summed E-state index contributed by atoms with van der Waals surface area (Å²) >= 11 is 0. The van der Waals surface area contributed by atoms with E-state index >= 15 is 0 Å². The number of aliphatic carboxylic acids is 1. The summed E-state index contributed by atoms with van der Waals surface area (Å²) in [6, 6.07) is 9.89. The summed E-state index contributed by atoms with van der Waals surface area (Å²) in [5.41, 5.74) is 0.896. The van der Waals surface area contributed by atoms with Gasteiger partial charge >= 0.3 is 5.97 Å². The molecule has 0 saturated heterocycles. The van der Waals surface area contributed by atoms with E-state index < -0.39 is 11.4 Å². The Morgan fingerprint density at radius 1 is 0.960 bits per heavy atom. The molecule has 2 aromatic rings. The summed E-state index contributed by atoms with van der Waals surface area (Å²) in [5.74, 6) is -0.262. The molecule has 2 aromatic carbocycles. The van der Waals surface area contributed by atoms with Crippen LogP contribution in [0.2, 0.25) is 0 Å². The van der Waals surface area contributed by atoms with Crippen molar-refractivity contribution in [2.75, 3.05) is 14.2 Å². The molecule has 6 heteroatoms. The molecule has 0 unspecified atom stereocenters. The van der Waals surface area contributed by atoms with E-state index in [1.807, 2.05) is 6.92 Å². The summed E-state index contributed by atoms with van der Waals surface area (Å²) in [7, 11) is 2.91. The van der Waals surface area contributed by atoms with Gasteiger partial charge in [-0.1, -0.05) is 19.1 Å². The maximum absolute atomic E-state index is 11.1. The van der Waals surface area contributed by atoms with Crippen molar-refractivity contribution in [3.05, 3.63) is 47.5 Å². The van der Waals surface area contributed by atoms with Crippen molar-refractivity contribution in [3.8, 4) is 23.0 Å². The minimum absolute atomic E-state index is 0.00937. The third kappa shape index (κ3) is 3.79. The molecule has 25 heavy (non-hydrogen) atoms. The number of carboxylic acid groups (broad SMARTS) is 1. The van der Waals surface area contributed by atoms with E-state index in [1.54, 1.807) is 24.3 Å². The highest BCUT2D eigenvalue weighted by Crippen LogP contribution is 2.42. The van der Waals surface area contributed by atoms with E-state index in [1.165, 1.54) is 26.4 Å². The summed E-state index contributed by atoms with van der Waals surface area (Å²) in [4.78, 5) is 11.1. The molecule has 0 radical (unpaired) electrons. The summed E-state index contributed by atoms with van der Waals surface area (Å²) < 4.78 is 10.4. The average Bonchev–Trinajstić information content (AvgIpc) is 2.60. The van der Waals surface area contributed by atoms with Crippen molar-refractivity contribution in [1.29, 1.82) is 0 Å². The highest BCUT2D eigenvalue weighted by atomic mass is 16.5. The van der Waals surface area contributed by atoms with Crippen LogP contribution in [-0.4, -0.2) is 35.5 Å². The van der Waals surface area contributed by atoms with E-state index in [0.717, 1.165) is 11.1 Å². The maximum atomic E-state index is 11.1. The number of carbonyl (C=O) groups is 1. The van der Waals surface area contributed by atoms with Gasteiger partial charge in [0.05, 0.1) is 14.2 Å². The van der Waals surface area contributed by atoms with Crippen LogP contribution >= 0.6 is 0 Å². The quantitative estimate of drug-likeness (QED) is 0.712. The lowest BCUT2D eigenvalue weighted by molar-refractivity contribution is -0.137. The maximum Gasteiger partial charge on any atom is 0.303 e. The number of phenols is 2. The molecule has 0 heterocycles. The number of aromatic hydroxyl groups is 2. The lowest BCUT2D eigenvalue weighted by atomic mass is 9.73. The molecular formula is C19H22O6. The van der Waals surface area contributed by atoms with Gasteiger partial charge in [-0.15, -0.1) is 0 Å². The first-order valence-corrected chi connectivity index (χ1v) is 7.78. The number of carboxylic acids is 1. The Morgan fingerprint density at radius 2 is 1.40 bits per heavy atom. The third-order valence-electron chi connectivity index (χ3n) is 4.47. The second-order valence-corrected chi connectivity index (χ2v) is 6.00. The highest BCUT2D eigenvalue weighted by molar-refractivity contribution is 5.67. The van der Waals surface area contributed by atoms with E-state index in [2.05, 4.69) is 0 Å². The van der Waals surface area contributed by atoms with Gasteiger partial charge in [-0.3, -0.25) is 4.79 Å². The molecule has 0 aliphatic rings. The standard InChI is InChI=1S/C19H22O6/c1-19(9-8-18(22)23,12-4-6-14(20)16(10-12)24-2)13-5-7-15(21)17(11-13)25-3/h4-7,10-11,20-21H,8-9H2,1-3H3,(H,22,23). The fraction of sp³-hybridized carbons (Fsp3) is 0.316. The van der Waals surface area contributed by atoms with Crippen LogP contribution in [0.15, 0.2) is 36.4 Å². The zero-order valence-electron chi connectivity index (χ0n) is 14.4. The zero-order valence-corrected chi connectivity index (χ0v) is 14.4. The lowest BCUT2D eigenvalue weighted by Gasteiger charge is -2.31. The van der Waals surface area contributed by atoms with Crippen molar-refractivity contribution < 1.29 is 29.6 Å². The van der Waals surface area contributed by atoms with Gasteiger partial charge in [-0.2, -0.15) is 0 Å². The van der Waals surface area contributed by atoms with Crippen LogP contribution in [-0.2, 0) is 10.2 Å². The molecule has 0 fully saturated rings. The topological polar surface area (TPSA) is 96.2 Å². The van der Waals surface area contributed by atoms with Gasteiger partial charge in [0.2, 0.25) is 0 Å². The molecule has 0 aliphatic heterocycles. The van der Waals surface area contributed by atoms with Crippen molar-refractivity contribution >= 4 is 5.97 Å². The van der Waals surface area contributed by atoms with Crippen LogP contribution in [0.4, 0.5) is 0 Å². The van der Waals surface area contributed by atoms with Crippen LogP contribution < -0.4 is 9.47 Å². The summed E-state index contributed by atoms with van der Waals surface area (Å²) in [6.45, 7) is 1.91. The Labute approximate surface area is 146 Å². The SMILES string of the molecule is COc1cc(C(C)(CCC(=O)O)c2ccc(O)c(OC)c2)ccc1O. The Balaban J connectivity index is 2.59. The molecule has 0 spiro atoms. The minimum atomic E-state index is -0.900. The van der Waals surface area contributed by atoms with Gasteiger partial charge in [-0.25, -0.2) is 0 Å². The fourth-order valence-electron chi connectivity index (χ4n) is 2.85. The predicted molar refractivity (Wildman–Crippen MR) is 92.6 cm³/mol. The van der Waals surface area contributed by atoms with Gasteiger partial charge in [-0.05, 0) is 41.8 Å². The van der Waals surface area contributed by atoms with Crippen LogP contribution in [0, 0.1) is 0 Å². The molecule has 2 rings (SSSR count). The van der Waals surface area contributed by atoms with E-state index in [4.69, 9.17) is 14.6 Å². The first kappa shape index (κ1) is 18.4. The van der Waals surface area contributed by atoms with E-state index in [9.17, 15) is 15.0 Å². The first-order valence-electron chi connectivity index (χ1n) is 7.78. The number of benzene rings is 2. The number of phenolic OH excluding ortho intramolecular Hbond substituents is 2. The number of rotatable bonds is 7. The molecule has 0 amide bonds. The number of methoxy groups -OCH3 is 2. The van der Waals surface area contributed by atoms with E-state index in [0.29, 0.717) is 17.9 Å². The van der Waals surface area contributed by atoms with Gasteiger partial charge in [0, 0.05) is 11.8 Å². The van der Waals surface area contributed by atoms with Gasteiger partial charge in [0.15, 0.2) is 23.0 Å². The van der Waals surface area contributed by atoms with E-state index in [-0.39, 0.29) is 17.9 Å². The van der Waals surface area contributed by atoms with Crippen LogP contribution in [0.1, 0.15) is 30.9 Å². The predicted octanol–water partition coefficient (Wildman–Crippen LogP) is 3.29. The number of hydrogen-bond donors (Lipinski definition) is 3. The van der Waals surface area contributed by atoms with Crippen molar-refractivity contribution in [3.63, 3.8) is 0 Å². The largest absolute Gasteiger partial charge is 0.504 e. The van der Waals surface area contributed by atoms with Gasteiger partial charge in [0.1, 0.15) is 0 Å². The van der Waals surface area contributed by atoms with Crippen molar-refractivity contribution in [2.45, 2.75) is 25.2 Å². The summed E-state index contributed by atoms with van der Waals surface area (Å²) in [6.07, 6.45) is 0.285. The number of hydrogen-bond acceptors (Lipinski definition) is 5. The van der Waals surface area contributed by atoms with Crippen LogP contribution in [0.25, 0.3) is 0 Å². The normalized spacial score (nSPS) is 11.2. The Kier molecular flexibility index (Phi) is 5.41. The molecule has 0 atom stereocenters. The summed E-state index contributed by atoms with van der Waals surface area (Å²) in [5, 5.41) is 28.8. The Hall–Kier alpha value is -2.89.